The van der Waals surface area contributed by atoms with Crippen LogP contribution in [0.1, 0.15) is 21.5 Å². The summed E-state index contributed by atoms with van der Waals surface area (Å²) >= 11 is 1.29. The second kappa shape index (κ2) is 7.49. The van der Waals surface area contributed by atoms with Gasteiger partial charge in [0, 0.05) is 17.9 Å². The Kier molecular flexibility index (Phi) is 5.31. The van der Waals surface area contributed by atoms with Gasteiger partial charge in [0.2, 0.25) is 0 Å². The maximum absolute atomic E-state index is 13.2. The van der Waals surface area contributed by atoms with Crippen LogP contribution in [0.4, 0.5) is 17.6 Å². The summed E-state index contributed by atoms with van der Waals surface area (Å²) < 4.78 is 51.1. The third kappa shape index (κ3) is 4.24. The lowest BCUT2D eigenvalue weighted by atomic mass is 10.1. The van der Waals surface area contributed by atoms with Gasteiger partial charge in [0.25, 0.3) is 5.91 Å². The van der Waals surface area contributed by atoms with Crippen molar-refractivity contribution < 1.29 is 22.4 Å². The van der Waals surface area contributed by atoms with Crippen LogP contribution in [0.15, 0.2) is 53.5 Å². The summed E-state index contributed by atoms with van der Waals surface area (Å²) in [4.78, 5) is 18.3. The summed E-state index contributed by atoms with van der Waals surface area (Å²) in [7, 11) is 0. The van der Waals surface area contributed by atoms with Crippen LogP contribution in [0.2, 0.25) is 0 Å². The van der Waals surface area contributed by atoms with Crippen molar-refractivity contribution in [3.63, 3.8) is 0 Å². The minimum absolute atomic E-state index is 0.166. The number of amidine groups is 1. The predicted octanol–water partition coefficient (Wildman–Crippen LogP) is 4.59. The van der Waals surface area contributed by atoms with Crippen molar-refractivity contribution in [1.29, 1.82) is 0 Å². The Balaban J connectivity index is 1.68. The third-order valence-electron chi connectivity index (χ3n) is 3.76. The SMILES string of the molecule is O=C(c1ccc(C(F)(F)F)cc1)N1CCN=C1SCc1cccc(F)c1. The smallest absolute Gasteiger partial charge is 0.286 e. The van der Waals surface area contributed by atoms with E-state index in [2.05, 4.69) is 4.99 Å². The van der Waals surface area contributed by atoms with Crippen LogP contribution in [-0.4, -0.2) is 29.1 Å². The minimum Gasteiger partial charge on any atom is -0.286 e. The maximum Gasteiger partial charge on any atom is 0.416 e. The number of amides is 1. The van der Waals surface area contributed by atoms with Crippen molar-refractivity contribution in [3.8, 4) is 0 Å². The molecule has 1 heterocycles. The fraction of sp³-hybridized carbons (Fsp3) is 0.222. The lowest BCUT2D eigenvalue weighted by molar-refractivity contribution is -0.137. The highest BCUT2D eigenvalue weighted by Crippen LogP contribution is 2.29. The van der Waals surface area contributed by atoms with Crippen molar-refractivity contribution in [2.45, 2.75) is 11.9 Å². The number of carbonyl (C=O) groups is 1. The molecule has 1 aliphatic rings. The van der Waals surface area contributed by atoms with Crippen molar-refractivity contribution in [3.05, 3.63) is 71.0 Å². The van der Waals surface area contributed by atoms with Crippen molar-refractivity contribution in [2.75, 3.05) is 13.1 Å². The fourth-order valence-corrected chi connectivity index (χ4v) is 3.46. The van der Waals surface area contributed by atoms with Gasteiger partial charge in [0.05, 0.1) is 12.1 Å². The standard InChI is InChI=1S/C18H14F4N2OS/c19-15-3-1-2-12(10-15)11-26-17-23-8-9-24(17)16(25)13-4-6-14(7-5-13)18(20,21)22/h1-7,10H,8-9,11H2. The van der Waals surface area contributed by atoms with Crippen LogP contribution in [0, 0.1) is 5.82 Å². The molecular weight excluding hydrogens is 368 g/mol. The Morgan fingerprint density at radius 2 is 1.88 bits per heavy atom. The molecule has 0 aliphatic carbocycles. The third-order valence-corrected chi connectivity index (χ3v) is 4.85. The number of carbonyl (C=O) groups excluding carboxylic acids is 1. The average molecular weight is 382 g/mol. The monoisotopic (exact) mass is 382 g/mol. The highest BCUT2D eigenvalue weighted by molar-refractivity contribution is 8.13. The number of benzene rings is 2. The molecule has 1 amide bonds. The van der Waals surface area contributed by atoms with Gasteiger partial charge in [-0.3, -0.25) is 14.7 Å². The van der Waals surface area contributed by atoms with Gasteiger partial charge < -0.3 is 0 Å². The fourth-order valence-electron chi connectivity index (χ4n) is 2.47. The Bertz CT molecular complexity index is 834. The molecule has 0 radical (unpaired) electrons. The van der Waals surface area contributed by atoms with Gasteiger partial charge in [-0.15, -0.1) is 0 Å². The molecule has 0 aromatic heterocycles. The Hall–Kier alpha value is -2.35. The van der Waals surface area contributed by atoms with E-state index in [1.165, 1.54) is 40.9 Å². The summed E-state index contributed by atoms with van der Waals surface area (Å²) in [5.74, 6) is -0.302. The van der Waals surface area contributed by atoms with Crippen molar-refractivity contribution >= 4 is 22.8 Å². The minimum atomic E-state index is -4.44. The molecule has 3 nitrogen and oxygen atoms in total. The normalized spacial score (nSPS) is 14.5. The van der Waals surface area contributed by atoms with E-state index in [4.69, 9.17) is 0 Å². The van der Waals surface area contributed by atoms with E-state index in [0.717, 1.165) is 17.7 Å². The van der Waals surface area contributed by atoms with Gasteiger partial charge in [0.15, 0.2) is 5.17 Å². The van der Waals surface area contributed by atoms with E-state index in [1.807, 2.05) is 0 Å². The number of nitrogens with zero attached hydrogens (tertiary/aromatic N) is 2. The quantitative estimate of drug-likeness (QED) is 0.728. The lowest BCUT2D eigenvalue weighted by Crippen LogP contribution is -2.32. The summed E-state index contributed by atoms with van der Waals surface area (Å²) in [6.45, 7) is 0.795. The molecule has 8 heteroatoms. The first kappa shape index (κ1) is 18.4. The molecule has 0 saturated heterocycles. The number of rotatable bonds is 3. The van der Waals surface area contributed by atoms with Gasteiger partial charge in [-0.05, 0) is 42.0 Å². The molecule has 0 fully saturated rings. The molecule has 0 N–H and O–H groups in total. The molecule has 2 aromatic carbocycles. The first-order valence-electron chi connectivity index (χ1n) is 7.75. The molecule has 0 unspecified atom stereocenters. The van der Waals surface area contributed by atoms with E-state index in [9.17, 15) is 22.4 Å². The van der Waals surface area contributed by atoms with Crippen molar-refractivity contribution in [2.24, 2.45) is 4.99 Å². The van der Waals surface area contributed by atoms with E-state index in [-0.39, 0.29) is 11.4 Å². The molecule has 3 rings (SSSR count). The first-order valence-corrected chi connectivity index (χ1v) is 8.74. The molecule has 26 heavy (non-hydrogen) atoms. The largest absolute Gasteiger partial charge is 0.416 e. The van der Waals surface area contributed by atoms with Crippen molar-refractivity contribution in [1.82, 2.24) is 4.90 Å². The van der Waals surface area contributed by atoms with Gasteiger partial charge in [-0.1, -0.05) is 23.9 Å². The van der Waals surface area contributed by atoms with Gasteiger partial charge >= 0.3 is 6.18 Å². The molecule has 0 spiro atoms. The zero-order valence-electron chi connectivity index (χ0n) is 13.5. The first-order chi connectivity index (χ1) is 12.3. The summed E-state index contributed by atoms with van der Waals surface area (Å²) in [5, 5.41) is 0.485. The number of aliphatic imine (C=N–C) groups is 1. The van der Waals surface area contributed by atoms with E-state index in [1.54, 1.807) is 12.1 Å². The zero-order chi connectivity index (χ0) is 18.7. The highest BCUT2D eigenvalue weighted by Gasteiger charge is 2.31. The van der Waals surface area contributed by atoms with Crippen LogP contribution >= 0.6 is 11.8 Å². The maximum atomic E-state index is 13.2. The molecular formula is C18H14F4N2OS. The van der Waals surface area contributed by atoms with E-state index >= 15 is 0 Å². The molecule has 0 atom stereocenters. The second-order valence-corrected chi connectivity index (χ2v) is 6.56. The number of alkyl halides is 3. The number of thioether (sulfide) groups is 1. The zero-order valence-corrected chi connectivity index (χ0v) is 14.3. The van der Waals surface area contributed by atoms with Crippen LogP contribution in [0.25, 0.3) is 0 Å². The molecule has 136 valence electrons. The van der Waals surface area contributed by atoms with Crippen LogP contribution in [-0.2, 0) is 11.9 Å². The van der Waals surface area contributed by atoms with E-state index in [0.29, 0.717) is 24.0 Å². The predicted molar refractivity (Wildman–Crippen MR) is 92.5 cm³/mol. The number of halogens is 4. The van der Waals surface area contributed by atoms with Gasteiger partial charge in [0.1, 0.15) is 5.82 Å². The Morgan fingerprint density at radius 1 is 1.15 bits per heavy atom. The molecule has 0 bridgehead atoms. The molecule has 0 saturated carbocycles. The highest BCUT2D eigenvalue weighted by atomic mass is 32.2. The molecule has 1 aliphatic heterocycles. The summed E-state index contributed by atoms with van der Waals surface area (Å²) in [5.41, 5.74) is 0.121. The lowest BCUT2D eigenvalue weighted by Gasteiger charge is -2.18. The summed E-state index contributed by atoms with van der Waals surface area (Å²) in [6.07, 6.45) is -4.44. The van der Waals surface area contributed by atoms with Crippen LogP contribution in [0.5, 0.6) is 0 Å². The number of hydrogen-bond donors (Lipinski definition) is 0. The second-order valence-electron chi connectivity index (χ2n) is 5.61. The average Bonchev–Trinajstić information content (AvgIpc) is 3.07. The number of hydrogen-bond acceptors (Lipinski definition) is 3. The topological polar surface area (TPSA) is 32.7 Å². The molecule has 2 aromatic rings. The van der Waals surface area contributed by atoms with Crippen LogP contribution < -0.4 is 0 Å². The van der Waals surface area contributed by atoms with Crippen LogP contribution in [0.3, 0.4) is 0 Å². The Labute approximate surface area is 151 Å². The van der Waals surface area contributed by atoms with Gasteiger partial charge in [-0.25, -0.2) is 4.39 Å². The Morgan fingerprint density at radius 3 is 2.54 bits per heavy atom. The van der Waals surface area contributed by atoms with E-state index < -0.39 is 17.6 Å². The van der Waals surface area contributed by atoms with Gasteiger partial charge in [-0.2, -0.15) is 13.2 Å². The summed E-state index contributed by atoms with van der Waals surface area (Å²) in [6, 6.07) is 10.2.